The second-order valence-corrected chi connectivity index (χ2v) is 19.6. The second-order valence-electron chi connectivity index (χ2n) is 16.7. The average Bonchev–Trinajstić information content (AvgIpc) is 3.67. The Morgan fingerprint density at radius 3 is 1.93 bits per heavy atom. The lowest BCUT2D eigenvalue weighted by atomic mass is 9.77. The van der Waals surface area contributed by atoms with Gasteiger partial charge in [0.25, 0.3) is 11.8 Å². The fraction of sp³-hybridized carbons (Fsp3) is 0.364. The molecule has 0 bridgehead atoms. The number of alkyl halides is 1. The molecule has 1 fully saturated rings. The summed E-state index contributed by atoms with van der Waals surface area (Å²) in [7, 11) is -1.64. The van der Waals surface area contributed by atoms with Crippen molar-refractivity contribution in [3.05, 3.63) is 130 Å². The summed E-state index contributed by atoms with van der Waals surface area (Å²) in [6.07, 6.45) is 0.00864. The van der Waals surface area contributed by atoms with Crippen LogP contribution in [0.15, 0.2) is 113 Å². The number of carboxylic acid groups (broad SMARTS) is 1. The molecule has 13 nitrogen and oxygen atoms in total. The zero-order chi connectivity index (χ0) is 43.6. The van der Waals surface area contributed by atoms with Crippen LogP contribution in [0.2, 0.25) is 0 Å². The van der Waals surface area contributed by atoms with Crippen LogP contribution in [0, 0.1) is 5.41 Å². The molecule has 0 saturated carbocycles. The Labute approximate surface area is 364 Å². The highest BCUT2D eigenvalue weighted by molar-refractivity contribution is 9.09. The Hall–Kier alpha value is -5.19. The maximum Gasteiger partial charge on any atom is 0.353 e. The Balaban J connectivity index is 1.38. The van der Waals surface area contributed by atoms with E-state index in [9.17, 15) is 28.5 Å². The Kier molecular flexibility index (Phi) is 12.9. The number of aliphatic carboxylic acids is 1. The van der Waals surface area contributed by atoms with Gasteiger partial charge < -0.3 is 25.3 Å². The summed E-state index contributed by atoms with van der Waals surface area (Å²) in [6.45, 7) is 11.2. The van der Waals surface area contributed by atoms with Crippen LogP contribution in [0.3, 0.4) is 0 Å². The van der Waals surface area contributed by atoms with E-state index in [-0.39, 0.29) is 23.6 Å². The van der Waals surface area contributed by atoms with E-state index in [1.54, 1.807) is 40.0 Å². The summed E-state index contributed by atoms with van der Waals surface area (Å²) < 4.78 is 19.2. The van der Waals surface area contributed by atoms with Gasteiger partial charge in [0, 0.05) is 28.6 Å². The summed E-state index contributed by atoms with van der Waals surface area (Å²) in [5.41, 5.74) is -1.08. The maximum atomic E-state index is 14.4. The largest absolute Gasteiger partial charge is 0.481 e. The number of thiazole rings is 1. The molecule has 2 aliphatic heterocycles. The molecule has 0 aliphatic carbocycles. The number of benzene rings is 3. The number of anilines is 1. The Morgan fingerprint density at radius 2 is 1.45 bits per heavy atom. The number of carbonyl (C=O) groups is 4. The van der Waals surface area contributed by atoms with Crippen LogP contribution in [0.1, 0.15) is 77.3 Å². The van der Waals surface area contributed by atoms with Gasteiger partial charge in [-0.3, -0.25) is 23.5 Å². The molecule has 60 heavy (non-hydrogen) atoms. The molecule has 0 radical (unpaired) electrons. The van der Waals surface area contributed by atoms with E-state index in [0.717, 1.165) is 16.7 Å². The maximum absolute atomic E-state index is 14.4. The number of ether oxygens (including phenoxy) is 1. The molecular formula is C44H48BrN5O8S2. The quantitative estimate of drug-likeness (QED) is 0.0283. The molecule has 2 amide bonds. The number of rotatable bonds is 15. The van der Waals surface area contributed by atoms with Crippen LogP contribution in [-0.4, -0.2) is 82.4 Å². The number of nitrogens with one attached hydrogen (secondary N) is 2. The lowest BCUT2D eigenvalue weighted by Crippen LogP contribution is -2.73. The zero-order valence-corrected chi connectivity index (χ0v) is 37.6. The van der Waals surface area contributed by atoms with Crippen molar-refractivity contribution in [2.45, 2.75) is 83.0 Å². The van der Waals surface area contributed by atoms with Gasteiger partial charge in [0.1, 0.15) is 28.2 Å². The zero-order valence-electron chi connectivity index (χ0n) is 34.4. The number of carbonyl (C=O) groups excluding carboxylic acids is 3. The summed E-state index contributed by atoms with van der Waals surface area (Å²) in [5.74, 6) is -3.12. The van der Waals surface area contributed by atoms with E-state index < -0.39 is 68.1 Å². The number of aromatic nitrogens is 1. The van der Waals surface area contributed by atoms with Crippen LogP contribution >= 0.6 is 27.3 Å². The first-order valence-electron chi connectivity index (χ1n) is 19.2. The van der Waals surface area contributed by atoms with E-state index in [0.29, 0.717) is 21.7 Å². The van der Waals surface area contributed by atoms with Gasteiger partial charge in [-0.25, -0.2) is 9.78 Å². The number of allylic oxidation sites excluding steroid dienone is 1. The van der Waals surface area contributed by atoms with Gasteiger partial charge in [-0.2, -0.15) is 0 Å². The number of hydrogen-bond donors (Lipinski definition) is 3. The lowest BCUT2D eigenvalue weighted by molar-refractivity contribution is -0.179. The summed E-state index contributed by atoms with van der Waals surface area (Å²) in [6, 6.07) is 28.4. The van der Waals surface area contributed by atoms with Gasteiger partial charge >= 0.3 is 11.9 Å². The number of oxime groups is 1. The number of esters is 1. The fourth-order valence-corrected chi connectivity index (χ4v) is 10.1. The topological polar surface area (TPSA) is 177 Å². The minimum absolute atomic E-state index is 0.00864. The van der Waals surface area contributed by atoms with Crippen molar-refractivity contribution < 1.29 is 38.1 Å². The minimum atomic E-state index is -1.66. The summed E-state index contributed by atoms with van der Waals surface area (Å²) in [4.78, 5) is 65.5. The van der Waals surface area contributed by atoms with Crippen molar-refractivity contribution in [3.8, 4) is 0 Å². The molecule has 3 N–H and O–H groups in total. The first kappa shape index (κ1) is 44.4. The van der Waals surface area contributed by atoms with Crippen LogP contribution < -0.4 is 10.6 Å². The van der Waals surface area contributed by atoms with Gasteiger partial charge in [-0.1, -0.05) is 112 Å². The molecule has 2 unspecified atom stereocenters. The second kappa shape index (κ2) is 17.4. The molecule has 2 aliphatic rings. The van der Waals surface area contributed by atoms with E-state index in [4.69, 9.17) is 14.6 Å². The molecule has 6 rings (SSSR count). The average molecular weight is 919 g/mol. The molecule has 3 atom stereocenters. The predicted octanol–water partition coefficient (Wildman–Crippen LogP) is 6.95. The first-order valence-corrected chi connectivity index (χ1v) is 22.6. The standard InChI is InChI=1S/C44H48BrN5O8S2/c1-41(2,3)57-39(55)43(6,7)58-49-33(35(51)47-34-36(52)50-32(23-42(4,5)38(53)54)27(24-45)26-60(56)37(34)50)31-25-59-40(46-31)48-44(28-17-11-8-12-18-28,29-19-13-9-14-20-29)30-21-15-10-16-22-30/h8-22,25,34,37H,23-24,26H2,1-7H3,(H,46,48)(H,47,51)(H,53,54)/t34?,37-,60?/m0/s1. The molecule has 1 saturated heterocycles. The summed E-state index contributed by atoms with van der Waals surface area (Å²) >= 11 is 4.62. The van der Waals surface area contributed by atoms with Crippen LogP contribution in [-0.2, 0) is 45.1 Å². The molecule has 3 heterocycles. The van der Waals surface area contributed by atoms with Crippen molar-refractivity contribution in [3.63, 3.8) is 0 Å². The van der Waals surface area contributed by atoms with Gasteiger partial charge in [0.15, 0.2) is 10.8 Å². The van der Waals surface area contributed by atoms with Crippen molar-refractivity contribution in [2.24, 2.45) is 10.6 Å². The van der Waals surface area contributed by atoms with Crippen molar-refractivity contribution in [2.75, 3.05) is 16.4 Å². The van der Waals surface area contributed by atoms with Crippen LogP contribution in [0.4, 0.5) is 5.13 Å². The highest BCUT2D eigenvalue weighted by Gasteiger charge is 2.56. The number of β-lactam (4-membered cyclic amide) rings is 1. The lowest BCUT2D eigenvalue weighted by Gasteiger charge is -2.51. The smallest absolute Gasteiger partial charge is 0.353 e. The SMILES string of the molecule is CC(C)(C)OC(=O)C(C)(C)ON=C(C(=O)NC1C(=O)N2C(CC(C)(C)C(=O)O)=C(CBr)CS(=O)[C@@H]12)c1csc(NC(c2ccccc2)(c2ccccc2)c2ccccc2)n1. The molecule has 4 aromatic rings. The predicted molar refractivity (Wildman–Crippen MR) is 235 cm³/mol. The Bertz CT molecular complexity index is 2250. The minimum Gasteiger partial charge on any atom is -0.481 e. The van der Waals surface area contributed by atoms with Gasteiger partial charge in [0.2, 0.25) is 5.60 Å². The normalized spacial score (nSPS) is 18.6. The molecule has 316 valence electrons. The van der Waals surface area contributed by atoms with Gasteiger partial charge in [-0.05, 0) is 70.7 Å². The van der Waals surface area contributed by atoms with E-state index in [2.05, 4.69) is 31.7 Å². The van der Waals surface area contributed by atoms with Crippen LogP contribution in [0.25, 0.3) is 0 Å². The molecule has 3 aromatic carbocycles. The highest BCUT2D eigenvalue weighted by atomic mass is 79.9. The molecular weight excluding hydrogens is 871 g/mol. The number of amides is 2. The molecule has 0 spiro atoms. The van der Waals surface area contributed by atoms with E-state index in [1.807, 2.05) is 91.0 Å². The first-order chi connectivity index (χ1) is 28.3. The fourth-order valence-electron chi connectivity index (χ4n) is 6.88. The molecule has 1 aromatic heterocycles. The Morgan fingerprint density at radius 1 is 0.917 bits per heavy atom. The monoisotopic (exact) mass is 917 g/mol. The van der Waals surface area contributed by atoms with Crippen molar-refractivity contribution in [1.82, 2.24) is 15.2 Å². The third-order valence-electron chi connectivity index (χ3n) is 10.1. The summed E-state index contributed by atoms with van der Waals surface area (Å²) in [5, 5.41) is 21.8. The number of halogens is 1. The van der Waals surface area contributed by atoms with Crippen LogP contribution in [0.5, 0.6) is 0 Å². The van der Waals surface area contributed by atoms with E-state index in [1.165, 1.54) is 30.1 Å². The van der Waals surface area contributed by atoms with Crippen molar-refractivity contribution in [1.29, 1.82) is 0 Å². The van der Waals surface area contributed by atoms with Gasteiger partial charge in [-0.15, -0.1) is 11.3 Å². The van der Waals surface area contributed by atoms with Gasteiger partial charge in [0.05, 0.1) is 16.2 Å². The number of hydrogen-bond acceptors (Lipinski definition) is 11. The highest BCUT2D eigenvalue weighted by Crippen LogP contribution is 2.42. The van der Waals surface area contributed by atoms with E-state index >= 15 is 0 Å². The molecule has 16 heteroatoms. The third kappa shape index (κ3) is 9.10. The van der Waals surface area contributed by atoms with Crippen molar-refractivity contribution >= 4 is 72.7 Å². The number of carboxylic acids is 1. The third-order valence-corrected chi connectivity index (χ3v) is 13.2. The number of nitrogens with zero attached hydrogens (tertiary/aromatic N) is 3. The number of fused-ring (bicyclic) bond motifs is 1.